The molecule has 3 aromatic carbocycles. The molecule has 9 heteroatoms. The Hall–Kier alpha value is -4.89. The summed E-state index contributed by atoms with van der Waals surface area (Å²) < 4.78 is 21.0. The van der Waals surface area contributed by atoms with Crippen LogP contribution in [-0.2, 0) is 9.53 Å². The summed E-state index contributed by atoms with van der Waals surface area (Å²) >= 11 is 1.30. The third kappa shape index (κ3) is 5.03. The predicted molar refractivity (Wildman–Crippen MR) is 173 cm³/mol. The van der Waals surface area contributed by atoms with Crippen molar-refractivity contribution in [2.45, 2.75) is 32.9 Å². The van der Waals surface area contributed by atoms with Gasteiger partial charge in [0.1, 0.15) is 0 Å². The van der Waals surface area contributed by atoms with Gasteiger partial charge in [0.15, 0.2) is 16.3 Å². The fraction of sp³-hybridized carbons (Fsp3) is 0.229. The third-order valence-electron chi connectivity index (χ3n) is 7.71. The normalized spacial score (nSPS) is 15.0. The largest absolute Gasteiger partial charge is 0.493 e. The maximum atomic E-state index is 14.4. The van der Waals surface area contributed by atoms with Crippen molar-refractivity contribution in [3.63, 3.8) is 0 Å². The number of carbonyl (C=O) groups is 1. The van der Waals surface area contributed by atoms with E-state index in [1.165, 1.54) is 11.3 Å². The van der Waals surface area contributed by atoms with Crippen molar-refractivity contribution in [3.05, 3.63) is 121 Å². The number of hydrogen-bond acceptors (Lipinski definition) is 7. The van der Waals surface area contributed by atoms with Gasteiger partial charge in [0.25, 0.3) is 5.56 Å². The van der Waals surface area contributed by atoms with Crippen LogP contribution in [0.5, 0.6) is 11.5 Å². The third-order valence-corrected chi connectivity index (χ3v) is 8.69. The highest BCUT2D eigenvalue weighted by atomic mass is 32.1. The molecule has 0 spiro atoms. The van der Waals surface area contributed by atoms with Crippen molar-refractivity contribution in [1.82, 2.24) is 9.13 Å². The Bertz CT molecular complexity index is 2090. The van der Waals surface area contributed by atoms with Gasteiger partial charge in [0.2, 0.25) is 0 Å². The number of aromatic nitrogens is 2. The van der Waals surface area contributed by atoms with E-state index in [1.807, 2.05) is 54.6 Å². The fourth-order valence-corrected chi connectivity index (χ4v) is 6.69. The zero-order valence-corrected chi connectivity index (χ0v) is 26.1. The van der Waals surface area contributed by atoms with E-state index in [0.29, 0.717) is 32.1 Å². The maximum absolute atomic E-state index is 14.4. The molecular weight excluding hydrogens is 574 g/mol. The summed E-state index contributed by atoms with van der Waals surface area (Å²) in [5, 5.41) is 1.06. The highest BCUT2D eigenvalue weighted by molar-refractivity contribution is 7.07. The molecule has 0 fully saturated rings. The molecule has 6 rings (SSSR count). The van der Waals surface area contributed by atoms with Crippen LogP contribution in [0, 0.1) is 0 Å². The predicted octanol–water partition coefficient (Wildman–Crippen LogP) is 5.49. The minimum atomic E-state index is -0.820. The van der Waals surface area contributed by atoms with Crippen molar-refractivity contribution in [2.24, 2.45) is 4.99 Å². The van der Waals surface area contributed by atoms with Gasteiger partial charge in [-0.2, -0.15) is 0 Å². The van der Waals surface area contributed by atoms with Crippen LogP contribution >= 0.6 is 11.3 Å². The Balaban J connectivity index is 1.66. The van der Waals surface area contributed by atoms with E-state index < -0.39 is 12.0 Å². The van der Waals surface area contributed by atoms with Gasteiger partial charge >= 0.3 is 5.97 Å². The van der Waals surface area contributed by atoms with Gasteiger partial charge in [0, 0.05) is 34.3 Å². The highest BCUT2D eigenvalue weighted by Gasteiger charge is 2.35. The molecule has 224 valence electrons. The van der Waals surface area contributed by atoms with Gasteiger partial charge in [-0.05, 0) is 50.6 Å². The quantitative estimate of drug-likeness (QED) is 0.218. The number of hydrogen-bond donors (Lipinski definition) is 0. The van der Waals surface area contributed by atoms with Crippen LogP contribution in [0.1, 0.15) is 49.5 Å². The first-order chi connectivity index (χ1) is 21.4. The van der Waals surface area contributed by atoms with Crippen LogP contribution in [0.2, 0.25) is 0 Å². The summed E-state index contributed by atoms with van der Waals surface area (Å²) in [6, 6.07) is 22.5. The Morgan fingerprint density at radius 2 is 1.73 bits per heavy atom. The zero-order chi connectivity index (χ0) is 31.0. The van der Waals surface area contributed by atoms with Crippen LogP contribution in [0.4, 0.5) is 0 Å². The first-order valence-corrected chi connectivity index (χ1v) is 15.3. The minimum absolute atomic E-state index is 0.174. The maximum Gasteiger partial charge on any atom is 0.338 e. The number of benzene rings is 3. The number of thiazole rings is 1. The molecule has 0 radical (unpaired) electrons. The molecule has 2 aromatic heterocycles. The van der Waals surface area contributed by atoms with Crippen molar-refractivity contribution in [1.29, 1.82) is 0 Å². The molecule has 0 N–H and O–H groups in total. The lowest BCUT2D eigenvalue weighted by Gasteiger charge is -2.26. The number of esters is 1. The van der Waals surface area contributed by atoms with Crippen molar-refractivity contribution in [2.75, 3.05) is 20.8 Å². The van der Waals surface area contributed by atoms with Gasteiger partial charge < -0.3 is 18.8 Å². The molecule has 0 amide bonds. The number of fused-ring (bicyclic) bond motifs is 2. The van der Waals surface area contributed by atoms with Crippen LogP contribution in [0.25, 0.3) is 22.7 Å². The average molecular weight is 608 g/mol. The monoisotopic (exact) mass is 607 g/mol. The molecule has 8 nitrogen and oxygen atoms in total. The molecule has 1 atom stereocenters. The van der Waals surface area contributed by atoms with Crippen LogP contribution in [0.3, 0.4) is 0 Å². The number of ether oxygens (including phenoxy) is 3. The lowest BCUT2D eigenvalue weighted by atomic mass is 9.93. The summed E-state index contributed by atoms with van der Waals surface area (Å²) in [7, 11) is 3.12. The second-order valence-corrected chi connectivity index (χ2v) is 11.7. The van der Waals surface area contributed by atoms with E-state index >= 15 is 0 Å². The van der Waals surface area contributed by atoms with Gasteiger partial charge in [0.05, 0.1) is 42.7 Å². The van der Waals surface area contributed by atoms with Crippen LogP contribution in [-0.4, -0.2) is 35.9 Å². The highest BCUT2D eigenvalue weighted by Crippen LogP contribution is 2.38. The Morgan fingerprint density at radius 3 is 2.43 bits per heavy atom. The summed E-state index contributed by atoms with van der Waals surface area (Å²) in [6.07, 6.45) is 4.01. The van der Waals surface area contributed by atoms with Crippen molar-refractivity contribution in [3.8, 4) is 11.5 Å². The van der Waals surface area contributed by atoms with E-state index in [2.05, 4.69) is 36.7 Å². The van der Waals surface area contributed by atoms with Crippen molar-refractivity contribution >= 4 is 40.0 Å². The number of para-hydroxylation sites is 1. The van der Waals surface area contributed by atoms with Gasteiger partial charge in [-0.25, -0.2) is 9.79 Å². The topological polar surface area (TPSA) is 84.1 Å². The average Bonchev–Trinajstić information content (AvgIpc) is 3.57. The number of nitrogens with zero attached hydrogens (tertiary/aromatic N) is 3. The van der Waals surface area contributed by atoms with E-state index in [-0.39, 0.29) is 23.8 Å². The summed E-state index contributed by atoms with van der Waals surface area (Å²) in [4.78, 5) is 33.6. The van der Waals surface area contributed by atoms with E-state index in [0.717, 1.165) is 22.0 Å². The van der Waals surface area contributed by atoms with E-state index in [4.69, 9.17) is 19.2 Å². The first kappa shape index (κ1) is 29.2. The van der Waals surface area contributed by atoms with Gasteiger partial charge in [-0.15, -0.1) is 0 Å². The second kappa shape index (κ2) is 12.0. The van der Waals surface area contributed by atoms with Crippen LogP contribution < -0.4 is 24.4 Å². The van der Waals surface area contributed by atoms with Gasteiger partial charge in [-0.3, -0.25) is 9.36 Å². The Labute approximate surface area is 258 Å². The number of methoxy groups -OCH3 is 2. The van der Waals surface area contributed by atoms with Gasteiger partial charge in [-0.1, -0.05) is 65.9 Å². The second-order valence-electron chi connectivity index (χ2n) is 10.6. The molecule has 1 aliphatic heterocycles. The standard InChI is InChI=1S/C35H33N3O5S/c1-6-43-34(40)30-31(22-12-8-7-9-13-22)36-35-38(32(30)23-16-17-27(41-4)28(18-23)42-5)33(39)29(44-35)19-24-20-37(21(2)3)26-15-11-10-14-25(24)26/h7-21,32H,6H2,1-5H3/b29-19-/t32-/m0/s1. The lowest BCUT2D eigenvalue weighted by molar-refractivity contribution is -0.138. The first-order valence-electron chi connectivity index (χ1n) is 14.5. The van der Waals surface area contributed by atoms with E-state index in [9.17, 15) is 9.59 Å². The summed E-state index contributed by atoms with van der Waals surface area (Å²) in [5.74, 6) is 0.481. The Morgan fingerprint density at radius 1 is 1.00 bits per heavy atom. The fourth-order valence-electron chi connectivity index (χ4n) is 5.69. The molecule has 1 aliphatic rings. The zero-order valence-electron chi connectivity index (χ0n) is 25.2. The Kier molecular flexibility index (Phi) is 7.97. The molecule has 44 heavy (non-hydrogen) atoms. The molecule has 0 bridgehead atoms. The minimum Gasteiger partial charge on any atom is -0.493 e. The summed E-state index contributed by atoms with van der Waals surface area (Å²) in [5.41, 5.74) is 3.95. The smallest absolute Gasteiger partial charge is 0.338 e. The lowest BCUT2D eigenvalue weighted by Crippen LogP contribution is -2.40. The molecule has 0 unspecified atom stereocenters. The van der Waals surface area contributed by atoms with Crippen molar-refractivity contribution < 1.29 is 19.0 Å². The van der Waals surface area contributed by atoms with Crippen LogP contribution in [0.15, 0.2) is 94.4 Å². The molecule has 0 saturated carbocycles. The molecular formula is C35H33N3O5S. The van der Waals surface area contributed by atoms with E-state index in [1.54, 1.807) is 37.8 Å². The molecule has 5 aromatic rings. The number of carbonyl (C=O) groups excluding carboxylic acids is 1. The number of rotatable bonds is 8. The SMILES string of the molecule is CCOC(=O)C1=C(c2ccccc2)N=c2s/c(=C\c3cn(C(C)C)c4ccccc34)c(=O)n2[C@H]1c1ccc(OC)c(OC)c1. The summed E-state index contributed by atoms with van der Waals surface area (Å²) in [6.45, 7) is 6.20. The molecule has 3 heterocycles. The molecule has 0 aliphatic carbocycles. The molecule has 0 saturated heterocycles.